The fraction of sp³-hybridized carbons (Fsp3) is 0.800. The van der Waals surface area contributed by atoms with Crippen LogP contribution in [0, 0.1) is 0 Å². The number of carboxylic acid groups (broad SMARTS) is 1. The normalized spacial score (nSPS) is 15.0. The Hall–Kier alpha value is -1.10. The Morgan fingerprint density at radius 1 is 1.47 bits per heavy atom. The molecule has 0 spiro atoms. The quantitative estimate of drug-likeness (QED) is 0.629. The van der Waals surface area contributed by atoms with E-state index >= 15 is 0 Å². The fourth-order valence-corrected chi connectivity index (χ4v) is 1.25. The molecule has 0 bridgehead atoms. The Morgan fingerprint density at radius 3 is 2.67 bits per heavy atom. The molecule has 86 valence electrons. The summed E-state index contributed by atoms with van der Waals surface area (Å²) in [6.45, 7) is 0.881. The Balaban J connectivity index is 2.05. The lowest BCUT2D eigenvalue weighted by atomic mass is 10.3. The van der Waals surface area contributed by atoms with E-state index in [0.29, 0.717) is 25.6 Å². The first kappa shape index (κ1) is 12.0. The number of carbonyl (C=O) groups is 2. The molecule has 0 heterocycles. The Bertz CT molecular complexity index is 239. The van der Waals surface area contributed by atoms with E-state index in [1.807, 2.05) is 0 Å². The summed E-state index contributed by atoms with van der Waals surface area (Å²) in [4.78, 5) is 23.3. The standard InChI is InChI=1S/C10H18N2O3/c1-12(6-2-3-10(14)15)9(13)7-11-8-4-5-8/h8,11H,2-7H2,1H3,(H,14,15). The molecule has 1 saturated carbocycles. The van der Waals surface area contributed by atoms with Crippen LogP contribution in [0.1, 0.15) is 25.7 Å². The SMILES string of the molecule is CN(CCCC(=O)O)C(=O)CNC1CC1. The van der Waals surface area contributed by atoms with Gasteiger partial charge in [-0.25, -0.2) is 0 Å². The van der Waals surface area contributed by atoms with E-state index in [4.69, 9.17) is 5.11 Å². The van der Waals surface area contributed by atoms with Crippen LogP contribution in [-0.4, -0.2) is 48.1 Å². The smallest absolute Gasteiger partial charge is 0.303 e. The molecule has 0 radical (unpaired) electrons. The molecule has 5 nitrogen and oxygen atoms in total. The number of hydrogen-bond donors (Lipinski definition) is 2. The van der Waals surface area contributed by atoms with Gasteiger partial charge < -0.3 is 15.3 Å². The lowest BCUT2D eigenvalue weighted by Gasteiger charge is -2.16. The monoisotopic (exact) mass is 214 g/mol. The third-order valence-corrected chi connectivity index (χ3v) is 2.43. The Labute approximate surface area is 89.4 Å². The molecule has 1 aliphatic carbocycles. The van der Waals surface area contributed by atoms with Gasteiger partial charge in [0.05, 0.1) is 6.54 Å². The minimum atomic E-state index is -0.813. The van der Waals surface area contributed by atoms with Crippen LogP contribution in [0.4, 0.5) is 0 Å². The number of hydrogen-bond acceptors (Lipinski definition) is 3. The summed E-state index contributed by atoms with van der Waals surface area (Å²) in [5.41, 5.74) is 0. The van der Waals surface area contributed by atoms with Crippen LogP contribution in [0.2, 0.25) is 0 Å². The van der Waals surface area contributed by atoms with Crippen molar-refractivity contribution in [2.24, 2.45) is 0 Å². The molecular weight excluding hydrogens is 196 g/mol. The van der Waals surface area contributed by atoms with E-state index in [-0.39, 0.29) is 12.3 Å². The summed E-state index contributed by atoms with van der Waals surface area (Å²) in [7, 11) is 1.71. The summed E-state index contributed by atoms with van der Waals surface area (Å²) in [5.74, 6) is -0.778. The topological polar surface area (TPSA) is 69.6 Å². The number of rotatable bonds is 7. The summed E-state index contributed by atoms with van der Waals surface area (Å²) in [5, 5.41) is 11.6. The predicted molar refractivity (Wildman–Crippen MR) is 55.5 cm³/mol. The average Bonchev–Trinajstić information content (AvgIpc) is 2.96. The van der Waals surface area contributed by atoms with Crippen molar-refractivity contribution in [3.05, 3.63) is 0 Å². The maximum Gasteiger partial charge on any atom is 0.303 e. The maximum atomic E-state index is 11.5. The first-order valence-corrected chi connectivity index (χ1v) is 5.28. The van der Waals surface area contributed by atoms with E-state index in [0.717, 1.165) is 12.8 Å². The lowest BCUT2D eigenvalue weighted by Crippen LogP contribution is -2.36. The van der Waals surface area contributed by atoms with Crippen molar-refractivity contribution < 1.29 is 14.7 Å². The molecule has 2 N–H and O–H groups in total. The zero-order valence-corrected chi connectivity index (χ0v) is 9.03. The summed E-state index contributed by atoms with van der Waals surface area (Å²) in [6, 6.07) is 0.529. The second-order valence-electron chi connectivity index (χ2n) is 3.97. The summed E-state index contributed by atoms with van der Waals surface area (Å²) >= 11 is 0. The van der Waals surface area contributed by atoms with Gasteiger partial charge in [0.25, 0.3) is 0 Å². The van der Waals surface area contributed by atoms with Gasteiger partial charge in [-0.05, 0) is 19.3 Å². The van der Waals surface area contributed by atoms with E-state index in [1.165, 1.54) is 0 Å². The molecule has 0 aromatic rings. The molecule has 0 saturated heterocycles. The van der Waals surface area contributed by atoms with Gasteiger partial charge in [-0.3, -0.25) is 9.59 Å². The molecule has 0 aliphatic heterocycles. The predicted octanol–water partition coefficient (Wildman–Crippen LogP) is 0.0616. The highest BCUT2D eigenvalue weighted by Crippen LogP contribution is 2.18. The third-order valence-electron chi connectivity index (χ3n) is 2.43. The van der Waals surface area contributed by atoms with Crippen LogP contribution < -0.4 is 5.32 Å². The van der Waals surface area contributed by atoms with Gasteiger partial charge in [0, 0.05) is 26.1 Å². The number of carbonyl (C=O) groups excluding carboxylic acids is 1. The summed E-state index contributed by atoms with van der Waals surface area (Å²) in [6.07, 6.45) is 2.96. The highest BCUT2D eigenvalue weighted by molar-refractivity contribution is 5.78. The molecule has 0 aromatic carbocycles. The van der Waals surface area contributed by atoms with E-state index in [2.05, 4.69) is 5.32 Å². The van der Waals surface area contributed by atoms with Gasteiger partial charge in [0.2, 0.25) is 5.91 Å². The second-order valence-corrected chi connectivity index (χ2v) is 3.97. The van der Waals surface area contributed by atoms with Crippen molar-refractivity contribution in [1.82, 2.24) is 10.2 Å². The van der Waals surface area contributed by atoms with Crippen molar-refractivity contribution in [3.63, 3.8) is 0 Å². The van der Waals surface area contributed by atoms with Crippen molar-refractivity contribution in [3.8, 4) is 0 Å². The van der Waals surface area contributed by atoms with Crippen LogP contribution in [0.5, 0.6) is 0 Å². The van der Waals surface area contributed by atoms with E-state index < -0.39 is 5.97 Å². The lowest BCUT2D eigenvalue weighted by molar-refractivity contribution is -0.137. The highest BCUT2D eigenvalue weighted by atomic mass is 16.4. The summed E-state index contributed by atoms with van der Waals surface area (Å²) < 4.78 is 0. The minimum absolute atomic E-state index is 0.0345. The first-order chi connectivity index (χ1) is 7.09. The number of likely N-dealkylation sites (N-methyl/N-ethyl adjacent to an activating group) is 1. The molecule has 1 fully saturated rings. The first-order valence-electron chi connectivity index (χ1n) is 5.28. The maximum absolute atomic E-state index is 11.5. The molecule has 15 heavy (non-hydrogen) atoms. The van der Waals surface area contributed by atoms with Gasteiger partial charge in [-0.1, -0.05) is 0 Å². The molecule has 0 atom stereocenters. The molecule has 0 aromatic heterocycles. The van der Waals surface area contributed by atoms with Gasteiger partial charge in [0.1, 0.15) is 0 Å². The fourth-order valence-electron chi connectivity index (χ4n) is 1.25. The van der Waals surface area contributed by atoms with Crippen molar-refractivity contribution in [2.75, 3.05) is 20.1 Å². The van der Waals surface area contributed by atoms with Gasteiger partial charge in [-0.15, -0.1) is 0 Å². The van der Waals surface area contributed by atoms with Crippen LogP contribution in [0.3, 0.4) is 0 Å². The molecule has 1 amide bonds. The van der Waals surface area contributed by atoms with E-state index in [9.17, 15) is 9.59 Å². The van der Waals surface area contributed by atoms with Crippen LogP contribution >= 0.6 is 0 Å². The number of aliphatic carboxylic acids is 1. The van der Waals surface area contributed by atoms with Gasteiger partial charge in [-0.2, -0.15) is 0 Å². The zero-order chi connectivity index (χ0) is 11.3. The van der Waals surface area contributed by atoms with Crippen molar-refractivity contribution in [2.45, 2.75) is 31.7 Å². The Morgan fingerprint density at radius 2 is 2.13 bits per heavy atom. The highest BCUT2D eigenvalue weighted by Gasteiger charge is 2.21. The minimum Gasteiger partial charge on any atom is -0.481 e. The zero-order valence-electron chi connectivity index (χ0n) is 9.03. The number of carboxylic acids is 1. The van der Waals surface area contributed by atoms with Crippen LogP contribution in [0.15, 0.2) is 0 Å². The van der Waals surface area contributed by atoms with Crippen molar-refractivity contribution in [1.29, 1.82) is 0 Å². The molecular formula is C10H18N2O3. The molecule has 5 heteroatoms. The van der Waals surface area contributed by atoms with Gasteiger partial charge in [0.15, 0.2) is 0 Å². The average molecular weight is 214 g/mol. The molecule has 1 aliphatic rings. The Kier molecular flexibility index (Phi) is 4.55. The number of nitrogens with one attached hydrogen (secondary N) is 1. The van der Waals surface area contributed by atoms with Gasteiger partial charge >= 0.3 is 5.97 Å². The van der Waals surface area contributed by atoms with Crippen LogP contribution in [-0.2, 0) is 9.59 Å². The largest absolute Gasteiger partial charge is 0.481 e. The third kappa shape index (κ3) is 5.37. The second kappa shape index (κ2) is 5.70. The molecule has 1 rings (SSSR count). The molecule has 0 unspecified atom stereocenters. The van der Waals surface area contributed by atoms with Crippen LogP contribution in [0.25, 0.3) is 0 Å². The van der Waals surface area contributed by atoms with E-state index in [1.54, 1.807) is 11.9 Å². The van der Waals surface area contributed by atoms with Crippen molar-refractivity contribution >= 4 is 11.9 Å². The number of nitrogens with zero attached hydrogens (tertiary/aromatic N) is 1. The number of amides is 1.